The topological polar surface area (TPSA) is 70.1 Å². The van der Waals surface area contributed by atoms with E-state index in [1.165, 1.54) is 4.90 Å². The average molecular weight is 207 g/mol. The molecule has 3 rings (SSSR count). The first-order valence-corrected chi connectivity index (χ1v) is 5.06. The van der Waals surface area contributed by atoms with Gasteiger partial charge in [0.1, 0.15) is 11.7 Å². The summed E-state index contributed by atoms with van der Waals surface area (Å²) < 4.78 is 5.49. The third kappa shape index (κ3) is 0.929. The Kier molecular flexibility index (Phi) is 1.57. The minimum Gasteiger partial charge on any atom is -0.480 e. The van der Waals surface area contributed by atoms with Gasteiger partial charge >= 0.3 is 5.97 Å². The molecule has 2 radical (unpaired) electrons. The van der Waals surface area contributed by atoms with Crippen molar-refractivity contribution in [2.45, 2.75) is 43.1 Å². The molecule has 2 heterocycles. The number of nitrogens with zero attached hydrogens (tertiary/aromatic N) is 1. The van der Waals surface area contributed by atoms with Gasteiger partial charge in [0.2, 0.25) is 7.85 Å². The number of amides is 1. The standard InChI is InChI=1S/C9H10BNO4/c10-8(14)11-4-2-1-3-9(4)6(15-9)5(11)7(12)13/h4-6H,1-3H2,(H,12,13)/t4?,5-,6?,9?/m0/s1. The van der Waals surface area contributed by atoms with Crippen molar-refractivity contribution in [2.75, 3.05) is 0 Å². The summed E-state index contributed by atoms with van der Waals surface area (Å²) in [5.74, 6) is -1.67. The summed E-state index contributed by atoms with van der Waals surface area (Å²) in [4.78, 5) is 23.6. The molecule has 0 bridgehead atoms. The molecular weight excluding hydrogens is 197 g/mol. The fourth-order valence-electron chi connectivity index (χ4n) is 3.24. The maximum atomic E-state index is 11.3. The second kappa shape index (κ2) is 2.55. The van der Waals surface area contributed by atoms with Crippen LogP contribution in [0.1, 0.15) is 19.3 Å². The molecule has 1 aliphatic carbocycles. The number of morpholine rings is 1. The summed E-state index contributed by atoms with van der Waals surface area (Å²) in [5, 5.41) is 9.05. The van der Waals surface area contributed by atoms with Crippen LogP contribution in [0.4, 0.5) is 4.79 Å². The number of ether oxygens (including phenoxy) is 1. The van der Waals surface area contributed by atoms with E-state index < -0.39 is 17.8 Å². The van der Waals surface area contributed by atoms with Gasteiger partial charge in [0.25, 0.3) is 0 Å². The van der Waals surface area contributed by atoms with Gasteiger partial charge < -0.3 is 14.7 Å². The summed E-state index contributed by atoms with van der Waals surface area (Å²) in [5.41, 5.74) is -0.377. The van der Waals surface area contributed by atoms with Crippen LogP contribution in [0, 0.1) is 0 Å². The van der Waals surface area contributed by atoms with E-state index in [4.69, 9.17) is 17.7 Å². The summed E-state index contributed by atoms with van der Waals surface area (Å²) in [6, 6.07) is -1.01. The Morgan fingerprint density at radius 2 is 2.27 bits per heavy atom. The number of hydrogen-bond acceptors (Lipinski definition) is 3. The largest absolute Gasteiger partial charge is 0.480 e. The molecule has 0 aromatic rings. The first kappa shape index (κ1) is 9.21. The Labute approximate surface area is 87.8 Å². The number of carboxylic acid groups (broad SMARTS) is 1. The molecule has 78 valence electrons. The number of carboxylic acids is 1. The molecule has 3 unspecified atom stereocenters. The Bertz CT molecular complexity index is 360. The van der Waals surface area contributed by atoms with E-state index in [9.17, 15) is 9.59 Å². The van der Waals surface area contributed by atoms with E-state index in [2.05, 4.69) is 0 Å². The van der Waals surface area contributed by atoms with Crippen LogP contribution in [0.25, 0.3) is 0 Å². The van der Waals surface area contributed by atoms with Crippen LogP contribution in [0.15, 0.2) is 0 Å². The lowest BCUT2D eigenvalue weighted by Gasteiger charge is -2.29. The fourth-order valence-corrected chi connectivity index (χ4v) is 3.24. The van der Waals surface area contributed by atoms with Crippen molar-refractivity contribution in [1.29, 1.82) is 0 Å². The molecule has 1 N–H and O–H groups in total. The van der Waals surface area contributed by atoms with Gasteiger partial charge in [-0.3, -0.25) is 4.79 Å². The summed E-state index contributed by atoms with van der Waals surface area (Å²) >= 11 is 0. The van der Waals surface area contributed by atoms with Gasteiger partial charge in [-0.1, -0.05) is 0 Å². The molecule has 3 aliphatic rings. The molecule has 15 heavy (non-hydrogen) atoms. The highest BCUT2D eigenvalue weighted by Gasteiger charge is 2.76. The van der Waals surface area contributed by atoms with Crippen LogP contribution < -0.4 is 0 Å². The molecule has 2 saturated heterocycles. The van der Waals surface area contributed by atoms with Crippen LogP contribution in [0.3, 0.4) is 0 Å². The molecule has 4 atom stereocenters. The number of rotatable bonds is 1. The molecule has 1 spiro atoms. The molecule has 1 amide bonds. The maximum Gasteiger partial charge on any atom is 0.329 e. The monoisotopic (exact) mass is 207 g/mol. The second-order valence-electron chi connectivity index (χ2n) is 4.43. The van der Waals surface area contributed by atoms with E-state index in [0.29, 0.717) is 0 Å². The highest BCUT2D eigenvalue weighted by Crippen LogP contribution is 2.59. The van der Waals surface area contributed by atoms with Crippen LogP contribution in [0.2, 0.25) is 0 Å². The van der Waals surface area contributed by atoms with Crippen LogP contribution in [-0.2, 0) is 9.53 Å². The highest BCUT2D eigenvalue weighted by atomic mass is 16.6. The van der Waals surface area contributed by atoms with Crippen LogP contribution in [0.5, 0.6) is 0 Å². The number of likely N-dealkylation sites (tertiary alicyclic amines) is 1. The van der Waals surface area contributed by atoms with Gasteiger partial charge in [-0.2, -0.15) is 0 Å². The zero-order chi connectivity index (χ0) is 10.8. The van der Waals surface area contributed by atoms with E-state index in [1.807, 2.05) is 0 Å². The van der Waals surface area contributed by atoms with Gasteiger partial charge in [0.05, 0.1) is 6.04 Å². The van der Waals surface area contributed by atoms with Crippen molar-refractivity contribution in [2.24, 2.45) is 0 Å². The van der Waals surface area contributed by atoms with E-state index >= 15 is 0 Å². The first-order valence-electron chi connectivity index (χ1n) is 5.06. The lowest BCUT2D eigenvalue weighted by molar-refractivity contribution is -0.143. The minimum absolute atomic E-state index is 0.124. The molecule has 0 aromatic heterocycles. The number of aliphatic carboxylic acids is 1. The van der Waals surface area contributed by atoms with Crippen molar-refractivity contribution in [3.63, 3.8) is 0 Å². The van der Waals surface area contributed by atoms with Crippen molar-refractivity contribution in [3.8, 4) is 0 Å². The average Bonchev–Trinajstić information content (AvgIpc) is 2.56. The van der Waals surface area contributed by atoms with Gasteiger partial charge in [0, 0.05) is 0 Å². The van der Waals surface area contributed by atoms with Crippen molar-refractivity contribution >= 4 is 19.6 Å². The normalized spacial score (nSPS) is 46.1. The molecule has 5 nitrogen and oxygen atoms in total. The number of hydrogen-bond donors (Lipinski definition) is 1. The second-order valence-corrected chi connectivity index (χ2v) is 4.43. The SMILES string of the molecule is [B]C(=O)N1C2CCCC23OC3[C@H]1C(=O)O. The predicted octanol–water partition coefficient (Wildman–Crippen LogP) is -0.266. The first-order chi connectivity index (χ1) is 7.08. The van der Waals surface area contributed by atoms with Crippen LogP contribution in [-0.4, -0.2) is 53.4 Å². The maximum absolute atomic E-state index is 11.3. The summed E-state index contributed by atoms with van der Waals surface area (Å²) in [6.07, 6.45) is 2.27. The zero-order valence-corrected chi connectivity index (χ0v) is 8.05. The summed E-state index contributed by atoms with van der Waals surface area (Å²) in [7, 11) is 5.23. The van der Waals surface area contributed by atoms with Crippen molar-refractivity contribution in [1.82, 2.24) is 4.90 Å². The number of epoxide rings is 1. The van der Waals surface area contributed by atoms with E-state index in [-0.39, 0.29) is 17.7 Å². The smallest absolute Gasteiger partial charge is 0.329 e. The predicted molar refractivity (Wildman–Crippen MR) is 49.7 cm³/mol. The Balaban J connectivity index is 1.98. The quantitative estimate of drug-likeness (QED) is 0.474. The third-order valence-corrected chi connectivity index (χ3v) is 3.81. The van der Waals surface area contributed by atoms with Gasteiger partial charge in [-0.15, -0.1) is 0 Å². The lowest BCUT2D eigenvalue weighted by atomic mass is 10.0. The third-order valence-electron chi connectivity index (χ3n) is 3.81. The lowest BCUT2D eigenvalue weighted by Crippen LogP contribution is -2.49. The van der Waals surface area contributed by atoms with Gasteiger partial charge in [0.15, 0.2) is 11.8 Å². The minimum atomic E-state index is -1.02. The molecule has 6 heteroatoms. The van der Waals surface area contributed by atoms with E-state index in [0.717, 1.165) is 19.3 Å². The van der Waals surface area contributed by atoms with Crippen molar-refractivity contribution < 1.29 is 19.4 Å². The Hall–Kier alpha value is -1.04. The molecular formula is C9H10BNO4. The highest BCUT2D eigenvalue weighted by molar-refractivity contribution is 6.57. The van der Waals surface area contributed by atoms with Crippen molar-refractivity contribution in [3.05, 3.63) is 0 Å². The Morgan fingerprint density at radius 1 is 1.53 bits per heavy atom. The van der Waals surface area contributed by atoms with E-state index in [1.54, 1.807) is 0 Å². The van der Waals surface area contributed by atoms with Gasteiger partial charge in [-0.05, 0) is 19.3 Å². The molecule has 1 saturated carbocycles. The molecule has 3 fully saturated rings. The summed E-state index contributed by atoms with van der Waals surface area (Å²) in [6.45, 7) is 0. The van der Waals surface area contributed by atoms with Crippen LogP contribution >= 0.6 is 0 Å². The zero-order valence-electron chi connectivity index (χ0n) is 8.05. The molecule has 0 aromatic carbocycles. The number of carbonyl (C=O) groups excluding carboxylic acids is 1. The van der Waals surface area contributed by atoms with Gasteiger partial charge in [-0.25, -0.2) is 4.79 Å². The fraction of sp³-hybridized carbons (Fsp3) is 0.778. The molecule has 2 aliphatic heterocycles. The number of carbonyl (C=O) groups is 2. The Morgan fingerprint density at radius 3 is 2.87 bits per heavy atom.